The number of nitrogens with zero attached hydrogens (tertiary/aromatic N) is 1. The van der Waals surface area contributed by atoms with Gasteiger partial charge in [-0.15, -0.1) is 0 Å². The van der Waals surface area contributed by atoms with Gasteiger partial charge in [-0.2, -0.15) is 0 Å². The van der Waals surface area contributed by atoms with E-state index in [4.69, 9.17) is 4.99 Å². The van der Waals surface area contributed by atoms with Gasteiger partial charge in [-0.3, -0.25) is 4.99 Å². The average Bonchev–Trinajstić information content (AvgIpc) is 2.68. The summed E-state index contributed by atoms with van der Waals surface area (Å²) in [7, 11) is 0. The molecule has 1 atom stereocenters. The van der Waals surface area contributed by atoms with Crippen molar-refractivity contribution in [1.82, 2.24) is 0 Å². The number of benzene rings is 1. The van der Waals surface area contributed by atoms with Gasteiger partial charge in [0.05, 0.1) is 11.4 Å². The highest BCUT2D eigenvalue weighted by Crippen LogP contribution is 2.45. The third kappa shape index (κ3) is 4.48. The van der Waals surface area contributed by atoms with E-state index in [1.54, 1.807) is 0 Å². The molecule has 2 aliphatic rings. The summed E-state index contributed by atoms with van der Waals surface area (Å²) in [4.78, 5) is 7.54. The maximum absolute atomic E-state index is 5.04. The fraction of sp³-hybridized carbons (Fsp3) is 0.375. The lowest BCUT2D eigenvalue weighted by molar-refractivity contribution is 0.572. The molecule has 0 fully saturated rings. The lowest BCUT2D eigenvalue weighted by Gasteiger charge is -2.27. The topological polar surface area (TPSA) is 12.4 Å². The first kappa shape index (κ1) is 19.0. The van der Waals surface area contributed by atoms with Crippen LogP contribution in [-0.2, 0) is 0 Å². The molecule has 0 aromatic heterocycles. The molecule has 1 unspecified atom stereocenters. The number of allylic oxidation sites excluding steroid dienone is 5. The first-order chi connectivity index (χ1) is 12.7. The highest BCUT2D eigenvalue weighted by atomic mass is 32.2. The SMILES string of the molecule is C=CC1=CC(CCCCCCCC)C2=Nc3ccc(C=C)cc3SC2=C1. The smallest absolute Gasteiger partial charge is 0.0773 e. The lowest BCUT2D eigenvalue weighted by Crippen LogP contribution is -2.19. The van der Waals surface area contributed by atoms with Crippen LogP contribution >= 0.6 is 11.8 Å². The van der Waals surface area contributed by atoms with Crippen LogP contribution in [0.3, 0.4) is 0 Å². The van der Waals surface area contributed by atoms with Crippen LogP contribution in [0, 0.1) is 5.92 Å². The van der Waals surface area contributed by atoms with Gasteiger partial charge in [-0.25, -0.2) is 0 Å². The molecule has 0 spiro atoms. The molecule has 0 saturated carbocycles. The van der Waals surface area contributed by atoms with Crippen molar-refractivity contribution in [3.63, 3.8) is 0 Å². The van der Waals surface area contributed by atoms with Crippen molar-refractivity contribution < 1.29 is 0 Å². The number of fused-ring (bicyclic) bond motifs is 2. The van der Waals surface area contributed by atoms with Gasteiger partial charge in [0, 0.05) is 15.7 Å². The van der Waals surface area contributed by atoms with E-state index < -0.39 is 0 Å². The molecular formula is C24H29NS. The molecule has 0 N–H and O–H groups in total. The monoisotopic (exact) mass is 363 g/mol. The minimum Gasteiger partial charge on any atom is -0.250 e. The summed E-state index contributed by atoms with van der Waals surface area (Å²) in [6.45, 7) is 10.1. The number of aliphatic imine (C=N–C) groups is 1. The molecule has 2 heteroatoms. The van der Waals surface area contributed by atoms with Crippen molar-refractivity contribution in [2.24, 2.45) is 10.9 Å². The molecule has 0 amide bonds. The van der Waals surface area contributed by atoms with Crippen molar-refractivity contribution in [3.8, 4) is 0 Å². The number of hydrogen-bond donors (Lipinski definition) is 0. The van der Waals surface area contributed by atoms with Gasteiger partial charge in [-0.05, 0) is 35.8 Å². The van der Waals surface area contributed by atoms with E-state index in [1.807, 2.05) is 23.9 Å². The van der Waals surface area contributed by atoms with Gasteiger partial charge in [0.1, 0.15) is 0 Å². The summed E-state index contributed by atoms with van der Waals surface area (Å²) in [5.74, 6) is 0.411. The lowest BCUT2D eigenvalue weighted by atomic mass is 9.88. The molecule has 1 nitrogen and oxygen atoms in total. The summed E-state index contributed by atoms with van der Waals surface area (Å²) in [5.41, 5.74) is 4.71. The van der Waals surface area contributed by atoms with Crippen LogP contribution in [0.15, 0.2) is 70.0 Å². The molecule has 0 bridgehead atoms. The van der Waals surface area contributed by atoms with Crippen LogP contribution in [0.25, 0.3) is 6.08 Å². The summed E-state index contributed by atoms with van der Waals surface area (Å²) < 4.78 is 0. The minimum atomic E-state index is 0.411. The zero-order valence-electron chi connectivity index (χ0n) is 15.8. The largest absolute Gasteiger partial charge is 0.250 e. The van der Waals surface area contributed by atoms with E-state index in [2.05, 4.69) is 50.4 Å². The Kier molecular flexibility index (Phi) is 6.73. The highest BCUT2D eigenvalue weighted by molar-refractivity contribution is 8.04. The van der Waals surface area contributed by atoms with Crippen molar-refractivity contribution in [3.05, 3.63) is 65.6 Å². The van der Waals surface area contributed by atoms with Gasteiger partial charge < -0.3 is 0 Å². The molecule has 1 aromatic carbocycles. The summed E-state index contributed by atoms with van der Waals surface area (Å²) in [6, 6.07) is 6.40. The molecule has 0 radical (unpaired) electrons. The van der Waals surface area contributed by atoms with Crippen molar-refractivity contribution >= 4 is 29.2 Å². The van der Waals surface area contributed by atoms with Crippen LogP contribution in [0.2, 0.25) is 0 Å². The number of unbranched alkanes of at least 4 members (excludes halogenated alkanes) is 5. The van der Waals surface area contributed by atoms with Gasteiger partial charge in [-0.1, -0.05) is 94.7 Å². The predicted molar refractivity (Wildman–Crippen MR) is 117 cm³/mol. The zero-order chi connectivity index (χ0) is 18.4. The van der Waals surface area contributed by atoms with Crippen molar-refractivity contribution in [2.75, 3.05) is 0 Å². The Bertz CT molecular complexity index is 766. The Morgan fingerprint density at radius 2 is 1.88 bits per heavy atom. The highest BCUT2D eigenvalue weighted by Gasteiger charge is 2.27. The quantitative estimate of drug-likeness (QED) is 0.406. The summed E-state index contributed by atoms with van der Waals surface area (Å²) >= 11 is 1.84. The Labute approximate surface area is 162 Å². The maximum Gasteiger partial charge on any atom is 0.0773 e. The molecule has 1 aliphatic carbocycles. The molecular weight excluding hydrogens is 334 g/mol. The molecule has 1 heterocycles. The third-order valence-electron chi connectivity index (χ3n) is 5.08. The van der Waals surface area contributed by atoms with Crippen LogP contribution in [0.5, 0.6) is 0 Å². The van der Waals surface area contributed by atoms with E-state index in [0.717, 1.165) is 11.3 Å². The standard InChI is InChI=1S/C24H29NS/c1-4-7-8-9-10-11-12-20-15-19(6-3)17-23-24(20)25-21-14-13-18(5-2)16-22(21)26-23/h5-6,13-17,20H,2-4,7-12H2,1H3. The Hall–Kier alpha value is -1.80. The maximum atomic E-state index is 5.04. The van der Waals surface area contributed by atoms with Gasteiger partial charge in [0.2, 0.25) is 0 Å². The Morgan fingerprint density at radius 1 is 1.08 bits per heavy atom. The van der Waals surface area contributed by atoms with Gasteiger partial charge in [0.15, 0.2) is 0 Å². The first-order valence-electron chi connectivity index (χ1n) is 9.84. The molecule has 26 heavy (non-hydrogen) atoms. The van der Waals surface area contributed by atoms with E-state index in [1.165, 1.54) is 66.0 Å². The predicted octanol–water partition coefficient (Wildman–Crippen LogP) is 7.88. The van der Waals surface area contributed by atoms with Crippen LogP contribution in [-0.4, -0.2) is 5.71 Å². The summed E-state index contributed by atoms with van der Waals surface area (Å²) in [6.07, 6.45) is 17.6. The van der Waals surface area contributed by atoms with E-state index in [-0.39, 0.29) is 0 Å². The fourth-order valence-electron chi connectivity index (χ4n) is 3.56. The van der Waals surface area contributed by atoms with Crippen LogP contribution in [0.1, 0.15) is 57.4 Å². The average molecular weight is 364 g/mol. The number of thioether (sulfide) groups is 1. The second kappa shape index (κ2) is 9.23. The first-order valence-corrected chi connectivity index (χ1v) is 10.7. The number of rotatable bonds is 9. The van der Waals surface area contributed by atoms with Crippen molar-refractivity contribution in [1.29, 1.82) is 0 Å². The van der Waals surface area contributed by atoms with E-state index in [9.17, 15) is 0 Å². The van der Waals surface area contributed by atoms with E-state index in [0.29, 0.717) is 5.92 Å². The van der Waals surface area contributed by atoms with Gasteiger partial charge >= 0.3 is 0 Å². The molecule has 3 rings (SSSR count). The second-order valence-electron chi connectivity index (χ2n) is 7.07. The van der Waals surface area contributed by atoms with E-state index >= 15 is 0 Å². The van der Waals surface area contributed by atoms with Crippen LogP contribution in [0.4, 0.5) is 5.69 Å². The molecule has 1 aliphatic heterocycles. The zero-order valence-corrected chi connectivity index (χ0v) is 16.7. The van der Waals surface area contributed by atoms with Gasteiger partial charge in [0.25, 0.3) is 0 Å². The summed E-state index contributed by atoms with van der Waals surface area (Å²) in [5, 5.41) is 0. The van der Waals surface area contributed by atoms with Crippen molar-refractivity contribution in [2.45, 2.75) is 56.8 Å². The Balaban J connectivity index is 1.75. The second-order valence-corrected chi connectivity index (χ2v) is 8.16. The van der Waals surface area contributed by atoms with Crippen LogP contribution < -0.4 is 0 Å². The molecule has 1 aromatic rings. The Morgan fingerprint density at radius 3 is 2.65 bits per heavy atom. The molecule has 0 saturated heterocycles. The molecule has 136 valence electrons. The minimum absolute atomic E-state index is 0.411. The number of hydrogen-bond acceptors (Lipinski definition) is 2. The fourth-order valence-corrected chi connectivity index (χ4v) is 4.71. The normalized spacial score (nSPS) is 18.2. The third-order valence-corrected chi connectivity index (χ3v) is 6.17.